The van der Waals surface area contributed by atoms with E-state index < -0.39 is 5.82 Å². The van der Waals surface area contributed by atoms with Gasteiger partial charge in [0.25, 0.3) is 0 Å². The van der Waals surface area contributed by atoms with Gasteiger partial charge < -0.3 is 4.74 Å². The molecule has 0 bridgehead atoms. The number of piperidine rings is 1. The van der Waals surface area contributed by atoms with Gasteiger partial charge in [-0.25, -0.2) is 9.37 Å². The Labute approximate surface area is 140 Å². The van der Waals surface area contributed by atoms with Crippen LogP contribution in [0, 0.1) is 5.82 Å². The van der Waals surface area contributed by atoms with Gasteiger partial charge in [0.05, 0.1) is 12.2 Å². The Hall–Kier alpha value is -1.49. The standard InChI is InChI=1S/C18H18ClFN2O/c19-17-16(20)14-12-23-18(15(14)10-21-17)6-8-22(9-7-18)11-13-4-2-1-3-5-13/h1-5,10H,6-9,11-12H2. The van der Waals surface area contributed by atoms with Crippen molar-refractivity contribution in [2.75, 3.05) is 13.1 Å². The van der Waals surface area contributed by atoms with Gasteiger partial charge in [0.2, 0.25) is 0 Å². The van der Waals surface area contributed by atoms with Crippen molar-refractivity contribution in [3.8, 4) is 0 Å². The lowest BCUT2D eigenvalue weighted by molar-refractivity contribution is -0.0801. The van der Waals surface area contributed by atoms with Crippen LogP contribution in [-0.2, 0) is 23.5 Å². The van der Waals surface area contributed by atoms with E-state index in [-0.39, 0.29) is 10.8 Å². The maximum atomic E-state index is 14.1. The molecule has 2 aromatic rings. The minimum absolute atomic E-state index is 0.0640. The van der Waals surface area contributed by atoms with E-state index in [0.29, 0.717) is 12.2 Å². The third-order valence-electron chi connectivity index (χ3n) is 4.97. The highest BCUT2D eigenvalue weighted by Gasteiger charge is 2.44. The van der Waals surface area contributed by atoms with E-state index in [1.807, 2.05) is 6.07 Å². The largest absolute Gasteiger partial charge is 0.365 e. The maximum absolute atomic E-state index is 14.1. The maximum Gasteiger partial charge on any atom is 0.166 e. The molecule has 1 saturated heterocycles. The zero-order valence-corrected chi connectivity index (χ0v) is 13.5. The van der Waals surface area contributed by atoms with Crippen LogP contribution >= 0.6 is 11.6 Å². The van der Waals surface area contributed by atoms with Gasteiger partial charge in [0, 0.05) is 37.0 Å². The van der Waals surface area contributed by atoms with Gasteiger partial charge in [-0.1, -0.05) is 41.9 Å². The van der Waals surface area contributed by atoms with E-state index in [1.165, 1.54) is 5.56 Å². The van der Waals surface area contributed by atoms with Crippen LogP contribution in [0.2, 0.25) is 5.15 Å². The Bertz CT molecular complexity index is 714. The van der Waals surface area contributed by atoms with E-state index in [4.69, 9.17) is 16.3 Å². The SMILES string of the molecule is Fc1c(Cl)ncc2c1COC21CCN(Cc2ccccc2)CC1. The number of likely N-dealkylation sites (tertiary alicyclic amines) is 1. The van der Waals surface area contributed by atoms with Crippen LogP contribution in [0.25, 0.3) is 0 Å². The summed E-state index contributed by atoms with van der Waals surface area (Å²) < 4.78 is 20.1. The zero-order chi connectivity index (χ0) is 15.9. The van der Waals surface area contributed by atoms with Crippen LogP contribution in [0.15, 0.2) is 36.5 Å². The fraction of sp³-hybridized carbons (Fsp3) is 0.389. The van der Waals surface area contributed by atoms with E-state index >= 15 is 0 Å². The van der Waals surface area contributed by atoms with Crippen molar-refractivity contribution in [2.45, 2.75) is 31.6 Å². The van der Waals surface area contributed by atoms with E-state index in [0.717, 1.165) is 38.0 Å². The highest BCUT2D eigenvalue weighted by Crippen LogP contribution is 2.45. The van der Waals surface area contributed by atoms with Crippen molar-refractivity contribution < 1.29 is 9.13 Å². The Balaban J connectivity index is 1.50. The molecule has 0 radical (unpaired) electrons. The summed E-state index contributed by atoms with van der Waals surface area (Å²) in [5, 5.41) is -0.0640. The molecule has 5 heteroatoms. The molecule has 0 N–H and O–H groups in total. The van der Waals surface area contributed by atoms with Crippen molar-refractivity contribution in [3.63, 3.8) is 0 Å². The van der Waals surface area contributed by atoms with Crippen molar-refractivity contribution >= 4 is 11.6 Å². The second kappa shape index (κ2) is 5.86. The van der Waals surface area contributed by atoms with Gasteiger partial charge in [-0.2, -0.15) is 0 Å². The topological polar surface area (TPSA) is 25.4 Å². The number of pyridine rings is 1. The van der Waals surface area contributed by atoms with Gasteiger partial charge in [0.1, 0.15) is 0 Å². The lowest BCUT2D eigenvalue weighted by Gasteiger charge is -2.39. The van der Waals surface area contributed by atoms with Crippen LogP contribution in [0.1, 0.15) is 29.5 Å². The molecule has 23 heavy (non-hydrogen) atoms. The molecule has 1 aromatic heterocycles. The molecule has 0 amide bonds. The number of benzene rings is 1. The molecule has 4 rings (SSSR count). The summed E-state index contributed by atoms with van der Waals surface area (Å²) in [5.41, 5.74) is 2.40. The smallest absolute Gasteiger partial charge is 0.166 e. The number of ether oxygens (including phenoxy) is 1. The highest BCUT2D eigenvalue weighted by atomic mass is 35.5. The Morgan fingerprint density at radius 3 is 2.70 bits per heavy atom. The van der Waals surface area contributed by atoms with E-state index in [1.54, 1.807) is 6.20 Å². The molecule has 1 aromatic carbocycles. The lowest BCUT2D eigenvalue weighted by atomic mass is 9.84. The number of aromatic nitrogens is 1. The van der Waals surface area contributed by atoms with Crippen LogP contribution in [0.3, 0.4) is 0 Å². The minimum atomic E-state index is -0.423. The zero-order valence-electron chi connectivity index (χ0n) is 12.8. The summed E-state index contributed by atoms with van der Waals surface area (Å²) in [6.45, 7) is 3.09. The van der Waals surface area contributed by atoms with Gasteiger partial charge >= 0.3 is 0 Å². The van der Waals surface area contributed by atoms with Crippen molar-refractivity contribution in [2.24, 2.45) is 0 Å². The molecule has 2 aliphatic rings. The minimum Gasteiger partial charge on any atom is -0.365 e. The summed E-state index contributed by atoms with van der Waals surface area (Å²) in [4.78, 5) is 6.40. The first-order valence-electron chi connectivity index (χ1n) is 7.91. The molecule has 2 aliphatic heterocycles. The molecular weight excluding hydrogens is 315 g/mol. The first kappa shape index (κ1) is 15.1. The predicted molar refractivity (Wildman–Crippen MR) is 86.6 cm³/mol. The first-order chi connectivity index (χ1) is 11.2. The van der Waals surface area contributed by atoms with E-state index in [2.05, 4.69) is 34.1 Å². The molecule has 3 heterocycles. The molecule has 120 valence electrons. The average molecular weight is 333 g/mol. The summed E-state index contributed by atoms with van der Waals surface area (Å²) in [7, 11) is 0. The number of hydrogen-bond donors (Lipinski definition) is 0. The van der Waals surface area contributed by atoms with Gasteiger partial charge in [-0.15, -0.1) is 0 Å². The summed E-state index contributed by atoms with van der Waals surface area (Å²) in [6, 6.07) is 10.5. The third-order valence-corrected chi connectivity index (χ3v) is 5.24. The summed E-state index contributed by atoms with van der Waals surface area (Å²) in [6.07, 6.45) is 3.41. The molecule has 1 fully saturated rings. The fourth-order valence-corrected chi connectivity index (χ4v) is 3.81. The number of nitrogens with zero attached hydrogens (tertiary/aromatic N) is 2. The fourth-order valence-electron chi connectivity index (χ4n) is 3.65. The molecule has 0 saturated carbocycles. The molecule has 3 nitrogen and oxygen atoms in total. The quantitative estimate of drug-likeness (QED) is 0.780. The molecule has 0 atom stereocenters. The second-order valence-corrected chi connectivity index (χ2v) is 6.66. The second-order valence-electron chi connectivity index (χ2n) is 6.30. The number of rotatable bonds is 2. The Morgan fingerprint density at radius 1 is 1.22 bits per heavy atom. The predicted octanol–water partition coefficient (Wildman–Crippen LogP) is 3.90. The van der Waals surface area contributed by atoms with Gasteiger partial charge in [-0.05, 0) is 18.4 Å². The summed E-state index contributed by atoms with van der Waals surface area (Å²) in [5.74, 6) is -0.423. The number of halogens is 2. The van der Waals surface area contributed by atoms with Crippen LogP contribution in [0.5, 0.6) is 0 Å². The van der Waals surface area contributed by atoms with Crippen molar-refractivity contribution in [1.82, 2.24) is 9.88 Å². The first-order valence-corrected chi connectivity index (χ1v) is 8.29. The molecular formula is C18H18ClFN2O. The van der Waals surface area contributed by atoms with Gasteiger partial charge in [0.15, 0.2) is 11.0 Å². The average Bonchev–Trinajstić information content (AvgIpc) is 2.93. The summed E-state index contributed by atoms with van der Waals surface area (Å²) >= 11 is 5.78. The van der Waals surface area contributed by atoms with Gasteiger partial charge in [-0.3, -0.25) is 4.90 Å². The third kappa shape index (κ3) is 2.65. The molecule has 0 aliphatic carbocycles. The van der Waals surface area contributed by atoms with Crippen LogP contribution in [0.4, 0.5) is 4.39 Å². The highest BCUT2D eigenvalue weighted by molar-refractivity contribution is 6.29. The van der Waals surface area contributed by atoms with Crippen molar-refractivity contribution in [3.05, 3.63) is 64.2 Å². The Morgan fingerprint density at radius 2 is 1.96 bits per heavy atom. The van der Waals surface area contributed by atoms with Crippen molar-refractivity contribution in [1.29, 1.82) is 0 Å². The van der Waals surface area contributed by atoms with Crippen LogP contribution in [-0.4, -0.2) is 23.0 Å². The molecule has 0 unspecified atom stereocenters. The number of hydrogen-bond acceptors (Lipinski definition) is 3. The monoisotopic (exact) mass is 332 g/mol. The van der Waals surface area contributed by atoms with E-state index in [9.17, 15) is 4.39 Å². The van der Waals surface area contributed by atoms with Crippen LogP contribution < -0.4 is 0 Å². The normalized spacial score (nSPS) is 19.9. The number of fused-ring (bicyclic) bond motifs is 2. The lowest BCUT2D eigenvalue weighted by Crippen LogP contribution is -2.42. The molecule has 1 spiro atoms. The Kier molecular flexibility index (Phi) is 3.84.